The first-order valence-corrected chi connectivity index (χ1v) is 8.89. The molecular formula is C14H31IN4S. The van der Waals surface area contributed by atoms with Gasteiger partial charge in [0.15, 0.2) is 5.96 Å². The molecule has 1 aliphatic heterocycles. The molecule has 1 aliphatic rings. The Morgan fingerprint density at radius 1 is 1.30 bits per heavy atom. The third-order valence-electron chi connectivity index (χ3n) is 3.51. The van der Waals surface area contributed by atoms with E-state index in [0.717, 1.165) is 43.8 Å². The van der Waals surface area contributed by atoms with Crippen molar-refractivity contribution in [2.75, 3.05) is 51.3 Å². The van der Waals surface area contributed by atoms with Crippen LogP contribution >= 0.6 is 35.7 Å². The summed E-state index contributed by atoms with van der Waals surface area (Å²) in [4.78, 5) is 7.18. The number of hydrogen-bond donors (Lipinski definition) is 2. The van der Waals surface area contributed by atoms with Crippen LogP contribution in [0, 0.1) is 5.92 Å². The van der Waals surface area contributed by atoms with Crippen molar-refractivity contribution in [2.24, 2.45) is 10.9 Å². The molecule has 1 fully saturated rings. The first kappa shape index (κ1) is 20.3. The maximum Gasteiger partial charge on any atom is 0.191 e. The third kappa shape index (κ3) is 9.28. The van der Waals surface area contributed by atoms with Gasteiger partial charge in [0.25, 0.3) is 0 Å². The fourth-order valence-corrected chi connectivity index (χ4v) is 2.51. The zero-order valence-electron chi connectivity index (χ0n) is 13.2. The number of hydrogen-bond acceptors (Lipinski definition) is 3. The van der Waals surface area contributed by atoms with Gasteiger partial charge in [0.1, 0.15) is 0 Å². The van der Waals surface area contributed by atoms with Crippen LogP contribution < -0.4 is 10.6 Å². The Labute approximate surface area is 145 Å². The minimum atomic E-state index is 0. The van der Waals surface area contributed by atoms with E-state index in [-0.39, 0.29) is 24.0 Å². The molecular weight excluding hydrogens is 383 g/mol. The number of rotatable bonds is 7. The molecule has 120 valence electrons. The van der Waals surface area contributed by atoms with E-state index in [1.54, 1.807) is 0 Å². The maximum absolute atomic E-state index is 4.64. The molecule has 0 unspecified atom stereocenters. The minimum absolute atomic E-state index is 0. The quantitative estimate of drug-likeness (QED) is 0.290. The molecule has 6 heteroatoms. The van der Waals surface area contributed by atoms with E-state index in [9.17, 15) is 0 Å². The Morgan fingerprint density at radius 2 is 2.00 bits per heavy atom. The smallest absolute Gasteiger partial charge is 0.191 e. The van der Waals surface area contributed by atoms with Crippen molar-refractivity contribution >= 4 is 41.7 Å². The van der Waals surface area contributed by atoms with Crippen LogP contribution in [-0.2, 0) is 0 Å². The Balaban J connectivity index is 0.00000361. The fourth-order valence-electron chi connectivity index (χ4n) is 2.20. The number of nitrogens with one attached hydrogen (secondary N) is 2. The van der Waals surface area contributed by atoms with Gasteiger partial charge in [0.2, 0.25) is 0 Å². The van der Waals surface area contributed by atoms with Crippen molar-refractivity contribution in [1.29, 1.82) is 0 Å². The van der Waals surface area contributed by atoms with E-state index in [2.05, 4.69) is 40.6 Å². The molecule has 1 heterocycles. The number of aliphatic imine (C=N–C) groups is 1. The lowest BCUT2D eigenvalue weighted by atomic mass is 9.99. The van der Waals surface area contributed by atoms with Gasteiger partial charge in [0.05, 0.1) is 6.54 Å². The van der Waals surface area contributed by atoms with E-state index >= 15 is 0 Å². The van der Waals surface area contributed by atoms with E-state index in [1.165, 1.54) is 25.9 Å². The highest BCUT2D eigenvalue weighted by Gasteiger charge is 2.14. The summed E-state index contributed by atoms with van der Waals surface area (Å²) in [5.74, 6) is 2.99. The third-order valence-corrected chi connectivity index (χ3v) is 4.12. The highest BCUT2D eigenvalue weighted by Crippen LogP contribution is 2.15. The molecule has 0 aromatic rings. The average Bonchev–Trinajstić information content (AvgIpc) is 2.41. The molecule has 1 saturated heterocycles. The van der Waals surface area contributed by atoms with Crippen molar-refractivity contribution in [1.82, 2.24) is 15.5 Å². The maximum atomic E-state index is 4.64. The second-order valence-corrected chi connectivity index (χ2v) is 6.19. The predicted octanol–water partition coefficient (Wildman–Crippen LogP) is 2.25. The molecule has 20 heavy (non-hydrogen) atoms. The molecule has 0 spiro atoms. The molecule has 0 radical (unpaired) electrons. The lowest BCUT2D eigenvalue weighted by Crippen LogP contribution is -2.39. The van der Waals surface area contributed by atoms with Crippen molar-refractivity contribution in [2.45, 2.75) is 26.7 Å². The Kier molecular flexibility index (Phi) is 13.2. The van der Waals surface area contributed by atoms with Gasteiger partial charge in [-0.05, 0) is 45.0 Å². The van der Waals surface area contributed by atoms with Crippen LogP contribution in [0.3, 0.4) is 0 Å². The highest BCUT2D eigenvalue weighted by molar-refractivity contribution is 14.0. The van der Waals surface area contributed by atoms with Crippen LogP contribution in [0.25, 0.3) is 0 Å². The normalized spacial score (nSPS) is 17.6. The summed E-state index contributed by atoms with van der Waals surface area (Å²) in [6.07, 6.45) is 4.81. The monoisotopic (exact) mass is 414 g/mol. The SMILES string of the molecule is CCNC(=NCCN1CCC(C)CC1)NCCSC.I. The molecule has 0 amide bonds. The van der Waals surface area contributed by atoms with Crippen LogP contribution in [0.15, 0.2) is 4.99 Å². The minimum Gasteiger partial charge on any atom is -0.357 e. The molecule has 2 N–H and O–H groups in total. The fraction of sp³-hybridized carbons (Fsp3) is 0.929. The average molecular weight is 414 g/mol. The Hall–Kier alpha value is 0.310. The van der Waals surface area contributed by atoms with Crippen molar-refractivity contribution in [3.05, 3.63) is 0 Å². The second kappa shape index (κ2) is 13.0. The predicted molar refractivity (Wildman–Crippen MR) is 103 cm³/mol. The van der Waals surface area contributed by atoms with Crippen molar-refractivity contribution in [3.8, 4) is 0 Å². The van der Waals surface area contributed by atoms with Crippen molar-refractivity contribution in [3.63, 3.8) is 0 Å². The molecule has 4 nitrogen and oxygen atoms in total. The van der Waals surface area contributed by atoms with Gasteiger partial charge >= 0.3 is 0 Å². The van der Waals surface area contributed by atoms with Gasteiger partial charge in [0, 0.05) is 25.4 Å². The van der Waals surface area contributed by atoms with Gasteiger partial charge in [-0.1, -0.05) is 6.92 Å². The van der Waals surface area contributed by atoms with E-state index < -0.39 is 0 Å². The Morgan fingerprint density at radius 3 is 2.60 bits per heavy atom. The summed E-state index contributed by atoms with van der Waals surface area (Å²) in [7, 11) is 0. The van der Waals surface area contributed by atoms with Crippen molar-refractivity contribution < 1.29 is 0 Å². The van der Waals surface area contributed by atoms with Crippen LogP contribution in [0.2, 0.25) is 0 Å². The van der Waals surface area contributed by atoms with Crippen LogP contribution in [0.1, 0.15) is 26.7 Å². The number of likely N-dealkylation sites (tertiary alicyclic amines) is 1. The number of halogens is 1. The molecule has 1 rings (SSSR count). The number of piperidine rings is 1. The van der Waals surface area contributed by atoms with Gasteiger partial charge in [-0.15, -0.1) is 24.0 Å². The van der Waals surface area contributed by atoms with Gasteiger partial charge in [-0.3, -0.25) is 4.99 Å². The largest absolute Gasteiger partial charge is 0.357 e. The van der Waals surface area contributed by atoms with Gasteiger partial charge in [-0.2, -0.15) is 11.8 Å². The summed E-state index contributed by atoms with van der Waals surface area (Å²) in [5, 5.41) is 6.66. The highest BCUT2D eigenvalue weighted by atomic mass is 127. The number of guanidine groups is 1. The van der Waals surface area contributed by atoms with E-state index in [4.69, 9.17) is 0 Å². The first-order valence-electron chi connectivity index (χ1n) is 7.49. The van der Waals surface area contributed by atoms with Crippen LogP contribution in [0.5, 0.6) is 0 Å². The Bertz CT molecular complexity index is 256. The molecule has 0 aromatic heterocycles. The zero-order chi connectivity index (χ0) is 13.9. The van der Waals surface area contributed by atoms with E-state index in [1.807, 2.05) is 11.8 Å². The molecule has 0 bridgehead atoms. The summed E-state index contributed by atoms with van der Waals surface area (Å²) in [6.45, 7) is 10.8. The topological polar surface area (TPSA) is 39.7 Å². The number of thioether (sulfide) groups is 1. The number of nitrogens with zero attached hydrogens (tertiary/aromatic N) is 2. The van der Waals surface area contributed by atoms with Crippen LogP contribution in [-0.4, -0.2) is 62.1 Å². The lowest BCUT2D eigenvalue weighted by molar-refractivity contribution is 0.197. The zero-order valence-corrected chi connectivity index (χ0v) is 16.3. The van der Waals surface area contributed by atoms with Gasteiger partial charge < -0.3 is 15.5 Å². The molecule has 0 aliphatic carbocycles. The van der Waals surface area contributed by atoms with Crippen LogP contribution in [0.4, 0.5) is 0 Å². The molecule has 0 atom stereocenters. The second-order valence-electron chi connectivity index (χ2n) is 5.20. The molecule has 0 aromatic carbocycles. The molecule has 0 saturated carbocycles. The lowest BCUT2D eigenvalue weighted by Gasteiger charge is -2.29. The summed E-state index contributed by atoms with van der Waals surface area (Å²) in [6, 6.07) is 0. The van der Waals surface area contributed by atoms with E-state index in [0.29, 0.717) is 0 Å². The summed E-state index contributed by atoms with van der Waals surface area (Å²) < 4.78 is 0. The van der Waals surface area contributed by atoms with Gasteiger partial charge in [-0.25, -0.2) is 0 Å². The first-order chi connectivity index (χ1) is 9.26. The standard InChI is InChI=1S/C14H30N4S.HI/c1-4-15-14(17-8-12-19-3)16-7-11-18-9-5-13(2)6-10-18;/h13H,4-12H2,1-3H3,(H2,15,16,17);1H. The summed E-state index contributed by atoms with van der Waals surface area (Å²) in [5.41, 5.74) is 0. The summed E-state index contributed by atoms with van der Waals surface area (Å²) >= 11 is 1.85.